The topological polar surface area (TPSA) is 29.5 Å². The number of halogens is 1. The van der Waals surface area contributed by atoms with E-state index in [0.717, 1.165) is 24.2 Å². The van der Waals surface area contributed by atoms with Crippen LogP contribution >= 0.6 is 11.6 Å². The van der Waals surface area contributed by atoms with Gasteiger partial charge in [0.25, 0.3) is 0 Å². The average Bonchev–Trinajstić information content (AvgIpc) is 2.83. The molecule has 3 heteroatoms. The zero-order valence-corrected chi connectivity index (χ0v) is 10.9. The molecule has 1 N–H and O–H groups in total. The SMILES string of the molecule is COc1ccc(Cl)cc1CC(O)C1CCCC1. The van der Waals surface area contributed by atoms with Crippen molar-refractivity contribution < 1.29 is 9.84 Å². The second-order valence-electron chi connectivity index (χ2n) is 4.77. The van der Waals surface area contributed by atoms with Gasteiger partial charge in [-0.15, -0.1) is 0 Å². The summed E-state index contributed by atoms with van der Waals surface area (Å²) < 4.78 is 5.29. The summed E-state index contributed by atoms with van der Waals surface area (Å²) in [4.78, 5) is 0. The Labute approximate surface area is 108 Å². The van der Waals surface area contributed by atoms with Crippen LogP contribution in [0.4, 0.5) is 0 Å². The Balaban J connectivity index is 2.08. The van der Waals surface area contributed by atoms with Crippen molar-refractivity contribution in [2.45, 2.75) is 38.2 Å². The van der Waals surface area contributed by atoms with Crippen LogP contribution < -0.4 is 4.74 Å². The van der Waals surface area contributed by atoms with Crippen LogP contribution in [-0.4, -0.2) is 18.3 Å². The lowest BCUT2D eigenvalue weighted by atomic mass is 9.94. The fourth-order valence-electron chi connectivity index (χ4n) is 2.64. The van der Waals surface area contributed by atoms with Crippen LogP contribution in [0.15, 0.2) is 18.2 Å². The van der Waals surface area contributed by atoms with Crippen molar-refractivity contribution >= 4 is 11.6 Å². The van der Waals surface area contributed by atoms with Crippen molar-refractivity contribution in [3.05, 3.63) is 28.8 Å². The van der Waals surface area contributed by atoms with Crippen molar-refractivity contribution in [2.24, 2.45) is 5.92 Å². The first-order valence-corrected chi connectivity index (χ1v) is 6.59. The average molecular weight is 255 g/mol. The van der Waals surface area contributed by atoms with Gasteiger partial charge in [0.1, 0.15) is 5.75 Å². The summed E-state index contributed by atoms with van der Waals surface area (Å²) in [7, 11) is 1.65. The minimum atomic E-state index is -0.273. The molecule has 0 bridgehead atoms. The first-order chi connectivity index (χ1) is 8.20. The molecule has 0 radical (unpaired) electrons. The molecule has 1 aromatic carbocycles. The number of aliphatic hydroxyl groups is 1. The van der Waals surface area contributed by atoms with Gasteiger partial charge in [-0.05, 0) is 42.5 Å². The van der Waals surface area contributed by atoms with Gasteiger partial charge in [-0.1, -0.05) is 24.4 Å². The highest BCUT2D eigenvalue weighted by Gasteiger charge is 2.24. The molecule has 0 saturated heterocycles. The number of ether oxygens (including phenoxy) is 1. The molecule has 0 aromatic heterocycles. The lowest BCUT2D eigenvalue weighted by Gasteiger charge is -2.19. The molecule has 1 fully saturated rings. The number of rotatable bonds is 4. The van der Waals surface area contributed by atoms with Gasteiger partial charge in [-0.25, -0.2) is 0 Å². The molecule has 17 heavy (non-hydrogen) atoms. The molecule has 0 spiro atoms. The first kappa shape index (κ1) is 12.7. The number of aliphatic hydroxyl groups excluding tert-OH is 1. The van der Waals surface area contributed by atoms with Gasteiger partial charge in [-0.3, -0.25) is 0 Å². The third-order valence-electron chi connectivity index (χ3n) is 3.62. The van der Waals surface area contributed by atoms with Crippen LogP contribution in [0, 0.1) is 5.92 Å². The molecular formula is C14H19ClO2. The fourth-order valence-corrected chi connectivity index (χ4v) is 2.84. The standard InChI is InChI=1S/C14H19ClO2/c1-17-14-7-6-12(15)8-11(14)9-13(16)10-4-2-3-5-10/h6-8,10,13,16H,2-5,9H2,1H3. The monoisotopic (exact) mass is 254 g/mol. The van der Waals surface area contributed by atoms with Crippen molar-refractivity contribution in [3.8, 4) is 5.75 Å². The molecule has 0 heterocycles. The highest BCUT2D eigenvalue weighted by Crippen LogP contribution is 2.31. The van der Waals surface area contributed by atoms with Crippen molar-refractivity contribution in [2.75, 3.05) is 7.11 Å². The van der Waals surface area contributed by atoms with E-state index in [2.05, 4.69) is 0 Å². The summed E-state index contributed by atoms with van der Waals surface area (Å²) >= 11 is 5.98. The Kier molecular flexibility index (Phi) is 4.30. The van der Waals surface area contributed by atoms with E-state index in [1.807, 2.05) is 18.2 Å². The van der Waals surface area contributed by atoms with E-state index in [1.165, 1.54) is 12.8 Å². The van der Waals surface area contributed by atoms with E-state index in [9.17, 15) is 5.11 Å². The molecule has 1 unspecified atom stereocenters. The largest absolute Gasteiger partial charge is 0.496 e. The van der Waals surface area contributed by atoms with E-state index in [0.29, 0.717) is 17.4 Å². The molecule has 1 aromatic rings. The summed E-state index contributed by atoms with van der Waals surface area (Å²) in [6.07, 6.45) is 5.13. The molecular weight excluding hydrogens is 236 g/mol. The number of hydrogen-bond acceptors (Lipinski definition) is 2. The summed E-state index contributed by atoms with van der Waals surface area (Å²) in [6.45, 7) is 0. The number of methoxy groups -OCH3 is 1. The summed E-state index contributed by atoms with van der Waals surface area (Å²) in [6, 6.07) is 5.56. The Morgan fingerprint density at radius 1 is 1.41 bits per heavy atom. The normalized spacial score (nSPS) is 18.3. The zero-order chi connectivity index (χ0) is 12.3. The Hall–Kier alpha value is -0.730. The third-order valence-corrected chi connectivity index (χ3v) is 3.85. The van der Waals surface area contributed by atoms with E-state index >= 15 is 0 Å². The predicted molar refractivity (Wildman–Crippen MR) is 69.7 cm³/mol. The molecule has 1 saturated carbocycles. The van der Waals surface area contributed by atoms with E-state index in [1.54, 1.807) is 7.11 Å². The van der Waals surface area contributed by atoms with Crippen molar-refractivity contribution in [3.63, 3.8) is 0 Å². The van der Waals surface area contributed by atoms with Crippen LogP contribution in [-0.2, 0) is 6.42 Å². The Morgan fingerprint density at radius 2 is 2.12 bits per heavy atom. The minimum Gasteiger partial charge on any atom is -0.496 e. The second kappa shape index (κ2) is 5.74. The van der Waals surface area contributed by atoms with Gasteiger partial charge in [0.15, 0.2) is 0 Å². The van der Waals surface area contributed by atoms with E-state index < -0.39 is 0 Å². The maximum Gasteiger partial charge on any atom is 0.122 e. The molecule has 2 rings (SSSR count). The summed E-state index contributed by atoms with van der Waals surface area (Å²) in [5.41, 5.74) is 0.999. The maximum atomic E-state index is 10.2. The molecule has 1 atom stereocenters. The highest BCUT2D eigenvalue weighted by molar-refractivity contribution is 6.30. The summed E-state index contributed by atoms with van der Waals surface area (Å²) in [5.74, 6) is 1.25. The molecule has 0 aliphatic heterocycles. The predicted octanol–water partition coefficient (Wildman–Crippen LogP) is 3.44. The van der Waals surface area contributed by atoms with E-state index in [4.69, 9.17) is 16.3 Å². The molecule has 0 amide bonds. The number of benzene rings is 1. The van der Waals surface area contributed by atoms with Crippen molar-refractivity contribution in [1.82, 2.24) is 0 Å². The van der Waals surface area contributed by atoms with Crippen LogP contribution in [0.25, 0.3) is 0 Å². The highest BCUT2D eigenvalue weighted by atomic mass is 35.5. The van der Waals surface area contributed by atoms with Crippen molar-refractivity contribution in [1.29, 1.82) is 0 Å². The maximum absolute atomic E-state index is 10.2. The van der Waals surface area contributed by atoms with Gasteiger partial charge >= 0.3 is 0 Å². The fraction of sp³-hybridized carbons (Fsp3) is 0.571. The molecule has 2 nitrogen and oxygen atoms in total. The molecule has 1 aliphatic rings. The zero-order valence-electron chi connectivity index (χ0n) is 10.2. The lowest BCUT2D eigenvalue weighted by molar-refractivity contribution is 0.110. The Bertz CT molecular complexity index is 372. The molecule has 94 valence electrons. The van der Waals surface area contributed by atoms with Crippen LogP contribution in [0.3, 0.4) is 0 Å². The van der Waals surface area contributed by atoms with Gasteiger partial charge in [0.05, 0.1) is 13.2 Å². The van der Waals surface area contributed by atoms with Gasteiger partial charge in [0.2, 0.25) is 0 Å². The third kappa shape index (κ3) is 3.14. The van der Waals surface area contributed by atoms with Crippen LogP contribution in [0.5, 0.6) is 5.75 Å². The van der Waals surface area contributed by atoms with Crippen LogP contribution in [0.1, 0.15) is 31.2 Å². The number of hydrogen-bond donors (Lipinski definition) is 1. The van der Waals surface area contributed by atoms with E-state index in [-0.39, 0.29) is 6.10 Å². The smallest absolute Gasteiger partial charge is 0.122 e. The second-order valence-corrected chi connectivity index (χ2v) is 5.21. The first-order valence-electron chi connectivity index (χ1n) is 6.21. The quantitative estimate of drug-likeness (QED) is 0.892. The van der Waals surface area contributed by atoms with Gasteiger partial charge in [0, 0.05) is 11.4 Å². The lowest BCUT2D eigenvalue weighted by Crippen LogP contribution is -2.20. The van der Waals surface area contributed by atoms with Gasteiger partial charge in [-0.2, -0.15) is 0 Å². The Morgan fingerprint density at radius 3 is 2.76 bits per heavy atom. The van der Waals surface area contributed by atoms with Crippen LogP contribution in [0.2, 0.25) is 5.02 Å². The minimum absolute atomic E-state index is 0.273. The summed E-state index contributed by atoms with van der Waals surface area (Å²) in [5, 5.41) is 10.9. The molecule has 1 aliphatic carbocycles. The van der Waals surface area contributed by atoms with Gasteiger partial charge < -0.3 is 9.84 Å².